The Bertz CT molecular complexity index is 591. The van der Waals surface area contributed by atoms with E-state index in [0.29, 0.717) is 22.9 Å². The molecule has 2 N–H and O–H groups in total. The summed E-state index contributed by atoms with van der Waals surface area (Å²) in [6.45, 7) is 7.47. The van der Waals surface area contributed by atoms with Crippen LogP contribution in [0.4, 0.5) is 0 Å². The van der Waals surface area contributed by atoms with Crippen LogP contribution < -0.4 is 0 Å². The molecule has 0 bridgehead atoms. The minimum absolute atomic E-state index is 0.0143. The van der Waals surface area contributed by atoms with Crippen LogP contribution >= 0.6 is 0 Å². The van der Waals surface area contributed by atoms with Gasteiger partial charge in [0.2, 0.25) is 0 Å². The normalized spacial score (nSPS) is 20.2. The number of phenols is 1. The lowest BCUT2D eigenvalue weighted by Gasteiger charge is -2.32. The van der Waals surface area contributed by atoms with Gasteiger partial charge in [-0.15, -0.1) is 0 Å². The molecule has 118 valence electrons. The maximum absolute atomic E-state index is 11.1. The Morgan fingerprint density at radius 1 is 1.18 bits per heavy atom. The summed E-state index contributed by atoms with van der Waals surface area (Å²) in [7, 11) is -0.677. The monoisotopic (exact) mass is 304 g/mol. The number of aliphatic hydroxyl groups excluding tert-OH is 1. The number of benzene rings is 1. The van der Waals surface area contributed by atoms with Crippen LogP contribution in [0.5, 0.6) is 5.75 Å². The highest BCUT2D eigenvalue weighted by Gasteiger charge is 2.52. The van der Waals surface area contributed by atoms with E-state index in [2.05, 4.69) is 0 Å². The summed E-state index contributed by atoms with van der Waals surface area (Å²) in [6.07, 6.45) is 2.32. The molecule has 1 fully saturated rings. The van der Waals surface area contributed by atoms with Gasteiger partial charge in [0.15, 0.2) is 6.29 Å². The molecule has 0 aliphatic carbocycles. The van der Waals surface area contributed by atoms with Crippen molar-refractivity contribution >= 4 is 19.5 Å². The van der Waals surface area contributed by atoms with E-state index in [9.17, 15) is 15.0 Å². The Labute approximate surface area is 130 Å². The molecule has 1 aliphatic rings. The quantitative estimate of drug-likeness (QED) is 0.659. The predicted octanol–water partition coefficient (Wildman–Crippen LogP) is 2.21. The summed E-state index contributed by atoms with van der Waals surface area (Å²) in [5.74, 6) is 0.0143. The van der Waals surface area contributed by atoms with Gasteiger partial charge in [0.25, 0.3) is 0 Å². The van der Waals surface area contributed by atoms with Crippen LogP contribution in [0.3, 0.4) is 0 Å². The summed E-state index contributed by atoms with van der Waals surface area (Å²) < 4.78 is 11.8. The largest absolute Gasteiger partial charge is 0.508 e. The number of phenolic OH excluding ortho intramolecular Hbond substituents is 1. The van der Waals surface area contributed by atoms with Crippen molar-refractivity contribution in [1.29, 1.82) is 0 Å². The van der Waals surface area contributed by atoms with E-state index in [-0.39, 0.29) is 12.4 Å². The number of rotatable bonds is 4. The van der Waals surface area contributed by atoms with Gasteiger partial charge in [-0.05, 0) is 50.9 Å². The van der Waals surface area contributed by atoms with E-state index >= 15 is 0 Å². The first-order chi connectivity index (χ1) is 10.2. The number of carbonyl (C=O) groups is 1. The average Bonchev–Trinajstić information content (AvgIpc) is 2.65. The van der Waals surface area contributed by atoms with Crippen molar-refractivity contribution in [3.05, 3.63) is 34.8 Å². The van der Waals surface area contributed by atoms with Crippen LogP contribution in [0.2, 0.25) is 0 Å². The second-order valence-corrected chi connectivity index (χ2v) is 6.40. The maximum atomic E-state index is 11.1. The van der Waals surface area contributed by atoms with Gasteiger partial charge in [0, 0.05) is 5.56 Å². The fraction of sp³-hybridized carbons (Fsp3) is 0.438. The molecule has 6 heteroatoms. The lowest BCUT2D eigenvalue weighted by Crippen LogP contribution is -2.41. The van der Waals surface area contributed by atoms with Gasteiger partial charge in [0.05, 0.1) is 17.8 Å². The highest BCUT2D eigenvalue weighted by Crippen LogP contribution is 2.38. The zero-order chi connectivity index (χ0) is 16.5. The zero-order valence-corrected chi connectivity index (χ0v) is 13.3. The van der Waals surface area contributed by atoms with E-state index < -0.39 is 18.3 Å². The standard InChI is InChI=1S/C16H21BO5/c1-15(2)16(3,4)22-17(21-15)13(10-19)7-11-5-6-14(20)8-12(11)9-18/h5-9,19-20H,10H2,1-4H3. The fourth-order valence-corrected chi connectivity index (χ4v) is 2.18. The molecule has 5 nitrogen and oxygen atoms in total. The van der Waals surface area contributed by atoms with Crippen molar-refractivity contribution in [3.63, 3.8) is 0 Å². The van der Waals surface area contributed by atoms with Crippen LogP contribution in [0.15, 0.2) is 23.7 Å². The molecule has 1 aromatic rings. The van der Waals surface area contributed by atoms with Crippen molar-refractivity contribution in [2.75, 3.05) is 6.61 Å². The second kappa shape index (κ2) is 5.87. The lowest BCUT2D eigenvalue weighted by atomic mass is 9.77. The molecule has 1 heterocycles. The van der Waals surface area contributed by atoms with Crippen LogP contribution in [-0.4, -0.2) is 41.4 Å². The van der Waals surface area contributed by atoms with Gasteiger partial charge in [-0.2, -0.15) is 0 Å². The number of aldehydes is 1. The predicted molar refractivity (Wildman–Crippen MR) is 84.6 cm³/mol. The number of hydrogen-bond acceptors (Lipinski definition) is 5. The molecule has 0 amide bonds. The summed E-state index contributed by atoms with van der Waals surface area (Å²) >= 11 is 0. The van der Waals surface area contributed by atoms with E-state index in [1.807, 2.05) is 27.7 Å². The van der Waals surface area contributed by atoms with Crippen molar-refractivity contribution in [2.45, 2.75) is 38.9 Å². The molecule has 1 aliphatic heterocycles. The summed E-state index contributed by atoms with van der Waals surface area (Å²) in [6, 6.07) is 4.47. The Balaban J connectivity index is 2.36. The minimum atomic E-state index is -0.677. The van der Waals surface area contributed by atoms with Crippen LogP contribution in [0, 0.1) is 0 Å². The Hall–Kier alpha value is -1.63. The molecular weight excluding hydrogens is 283 g/mol. The number of aromatic hydroxyl groups is 1. The minimum Gasteiger partial charge on any atom is -0.508 e. The molecule has 0 radical (unpaired) electrons. The summed E-state index contributed by atoms with van der Waals surface area (Å²) in [4.78, 5) is 11.1. The molecule has 1 saturated heterocycles. The number of aliphatic hydroxyl groups is 1. The van der Waals surface area contributed by atoms with E-state index in [1.165, 1.54) is 12.1 Å². The highest BCUT2D eigenvalue weighted by molar-refractivity contribution is 6.55. The molecule has 22 heavy (non-hydrogen) atoms. The third-order valence-electron chi connectivity index (χ3n) is 4.28. The van der Waals surface area contributed by atoms with Gasteiger partial charge >= 0.3 is 7.12 Å². The van der Waals surface area contributed by atoms with E-state index in [0.717, 1.165) is 0 Å². The van der Waals surface area contributed by atoms with Crippen LogP contribution in [0.1, 0.15) is 43.6 Å². The van der Waals surface area contributed by atoms with Crippen molar-refractivity contribution in [3.8, 4) is 5.75 Å². The summed E-state index contributed by atoms with van der Waals surface area (Å²) in [5, 5.41) is 19.1. The topological polar surface area (TPSA) is 76.0 Å². The first kappa shape index (κ1) is 16.7. The van der Waals surface area contributed by atoms with Gasteiger partial charge in [-0.3, -0.25) is 4.79 Å². The molecule has 0 spiro atoms. The van der Waals surface area contributed by atoms with Gasteiger partial charge < -0.3 is 19.5 Å². The van der Waals surface area contributed by atoms with Crippen LogP contribution in [-0.2, 0) is 9.31 Å². The van der Waals surface area contributed by atoms with E-state index in [4.69, 9.17) is 9.31 Å². The molecule has 1 aromatic carbocycles. The Morgan fingerprint density at radius 3 is 2.27 bits per heavy atom. The summed E-state index contributed by atoms with van der Waals surface area (Å²) in [5.41, 5.74) is 0.435. The van der Waals surface area contributed by atoms with Gasteiger partial charge in [-0.25, -0.2) is 0 Å². The van der Waals surface area contributed by atoms with Crippen molar-refractivity contribution in [2.24, 2.45) is 0 Å². The van der Waals surface area contributed by atoms with E-state index in [1.54, 1.807) is 12.1 Å². The second-order valence-electron chi connectivity index (χ2n) is 6.40. The Kier molecular flexibility index (Phi) is 4.47. The number of hydrogen-bond donors (Lipinski definition) is 2. The van der Waals surface area contributed by atoms with Crippen molar-refractivity contribution < 1.29 is 24.3 Å². The average molecular weight is 304 g/mol. The molecular formula is C16H21BO5. The molecule has 0 atom stereocenters. The highest BCUT2D eigenvalue weighted by atomic mass is 16.7. The lowest BCUT2D eigenvalue weighted by molar-refractivity contribution is 0.00578. The van der Waals surface area contributed by atoms with Crippen molar-refractivity contribution in [1.82, 2.24) is 0 Å². The fourth-order valence-electron chi connectivity index (χ4n) is 2.18. The smallest absolute Gasteiger partial charge is 0.492 e. The molecule has 0 saturated carbocycles. The third kappa shape index (κ3) is 3.09. The molecule has 0 aromatic heterocycles. The first-order valence-electron chi connectivity index (χ1n) is 7.15. The molecule has 0 unspecified atom stereocenters. The van der Waals surface area contributed by atoms with Gasteiger partial charge in [0.1, 0.15) is 5.75 Å². The van der Waals surface area contributed by atoms with Crippen LogP contribution in [0.25, 0.3) is 6.08 Å². The maximum Gasteiger partial charge on any atom is 0.492 e. The van der Waals surface area contributed by atoms with Gasteiger partial charge in [-0.1, -0.05) is 12.1 Å². The Morgan fingerprint density at radius 2 is 1.77 bits per heavy atom. The zero-order valence-electron chi connectivity index (χ0n) is 13.3. The number of carbonyl (C=O) groups excluding carboxylic acids is 1. The SMILES string of the molecule is CC1(C)OB(C(=Cc2ccc(O)cc2C=O)CO)OC1(C)C. The third-order valence-corrected chi connectivity index (χ3v) is 4.28. The first-order valence-corrected chi connectivity index (χ1v) is 7.15. The molecule has 2 rings (SSSR count).